The first kappa shape index (κ1) is 17.7. The maximum absolute atomic E-state index is 13.4. The van der Waals surface area contributed by atoms with Crippen molar-refractivity contribution in [1.82, 2.24) is 19.5 Å². The van der Waals surface area contributed by atoms with E-state index in [0.717, 1.165) is 12.5 Å². The van der Waals surface area contributed by atoms with Crippen LogP contribution in [0.15, 0.2) is 58.0 Å². The molecule has 0 bridgehead atoms. The van der Waals surface area contributed by atoms with Crippen molar-refractivity contribution >= 4 is 10.0 Å². The molecule has 1 aliphatic heterocycles. The molecule has 7 nitrogen and oxygen atoms in total. The maximum Gasteiger partial charge on any atom is 0.266 e. The molecule has 1 aromatic carbocycles. The van der Waals surface area contributed by atoms with Gasteiger partial charge in [0.25, 0.3) is 5.89 Å². The Balaban J connectivity index is 1.56. The van der Waals surface area contributed by atoms with Crippen LogP contribution in [0.4, 0.5) is 4.39 Å². The number of rotatable bonds is 4. The molecule has 0 saturated carbocycles. The lowest BCUT2D eigenvalue weighted by Crippen LogP contribution is -2.39. The van der Waals surface area contributed by atoms with Gasteiger partial charge in [0.15, 0.2) is 0 Å². The second-order valence-electron chi connectivity index (χ2n) is 6.32. The van der Waals surface area contributed by atoms with Crippen molar-refractivity contribution in [3.8, 4) is 11.6 Å². The van der Waals surface area contributed by atoms with E-state index in [1.807, 2.05) is 6.07 Å². The monoisotopic (exact) mass is 388 g/mol. The molecule has 0 spiro atoms. The van der Waals surface area contributed by atoms with E-state index in [9.17, 15) is 12.8 Å². The molecule has 4 rings (SSSR count). The Morgan fingerprint density at radius 3 is 2.81 bits per heavy atom. The van der Waals surface area contributed by atoms with Crippen molar-refractivity contribution in [3.05, 3.63) is 60.4 Å². The second-order valence-corrected chi connectivity index (χ2v) is 8.26. The Kier molecular flexibility index (Phi) is 4.71. The molecular formula is C18H17FN4O3S. The molecule has 0 amide bonds. The highest BCUT2D eigenvalue weighted by Gasteiger charge is 2.33. The van der Waals surface area contributed by atoms with Crippen molar-refractivity contribution in [2.45, 2.75) is 23.7 Å². The van der Waals surface area contributed by atoms with Gasteiger partial charge in [0.1, 0.15) is 11.5 Å². The largest absolute Gasteiger partial charge is 0.419 e. The van der Waals surface area contributed by atoms with Crippen molar-refractivity contribution in [2.24, 2.45) is 0 Å². The van der Waals surface area contributed by atoms with Gasteiger partial charge in [0.05, 0.1) is 10.8 Å². The minimum absolute atomic E-state index is 0.0529. The highest BCUT2D eigenvalue weighted by molar-refractivity contribution is 7.89. The van der Waals surface area contributed by atoms with Crippen LogP contribution in [0.25, 0.3) is 11.6 Å². The lowest BCUT2D eigenvalue weighted by atomic mass is 10.00. The molecule has 1 saturated heterocycles. The van der Waals surface area contributed by atoms with Gasteiger partial charge in [-0.2, -0.15) is 4.31 Å². The number of sulfonamides is 1. The number of piperidine rings is 1. The minimum atomic E-state index is -3.78. The van der Waals surface area contributed by atoms with Crippen molar-refractivity contribution in [2.75, 3.05) is 13.1 Å². The predicted octanol–water partition coefficient (Wildman–Crippen LogP) is 2.84. The molecule has 27 heavy (non-hydrogen) atoms. The standard InChI is InChI=1S/C18H17FN4O3S/c19-14-6-3-7-15(11-14)27(24,25)23-10-4-5-13(12-23)17-21-22-18(26-17)16-8-1-2-9-20-16/h1-3,6-9,11,13H,4-5,10,12H2/t13-/m0/s1. The Morgan fingerprint density at radius 2 is 2.04 bits per heavy atom. The second kappa shape index (κ2) is 7.16. The summed E-state index contributed by atoms with van der Waals surface area (Å²) < 4.78 is 46.2. The zero-order chi connectivity index (χ0) is 18.9. The first-order valence-electron chi connectivity index (χ1n) is 8.54. The van der Waals surface area contributed by atoms with Crippen LogP contribution >= 0.6 is 0 Å². The molecule has 2 aromatic heterocycles. The highest BCUT2D eigenvalue weighted by atomic mass is 32.2. The summed E-state index contributed by atoms with van der Waals surface area (Å²) in [6, 6.07) is 10.4. The lowest BCUT2D eigenvalue weighted by Gasteiger charge is -2.30. The summed E-state index contributed by atoms with van der Waals surface area (Å²) in [4.78, 5) is 4.12. The number of aromatic nitrogens is 3. The summed E-state index contributed by atoms with van der Waals surface area (Å²) in [6.45, 7) is 0.583. The van der Waals surface area contributed by atoms with E-state index in [1.54, 1.807) is 18.3 Å². The normalized spacial score (nSPS) is 18.5. The van der Waals surface area contributed by atoms with Gasteiger partial charge in [-0.05, 0) is 43.2 Å². The Morgan fingerprint density at radius 1 is 1.15 bits per heavy atom. The Bertz CT molecular complexity index is 1040. The number of benzene rings is 1. The Hall–Kier alpha value is -2.65. The summed E-state index contributed by atoms with van der Waals surface area (Å²) in [6.07, 6.45) is 3.02. The summed E-state index contributed by atoms with van der Waals surface area (Å²) in [5.41, 5.74) is 0.566. The zero-order valence-electron chi connectivity index (χ0n) is 14.3. The minimum Gasteiger partial charge on any atom is -0.419 e. The molecule has 0 aliphatic carbocycles. The number of hydrogen-bond donors (Lipinski definition) is 0. The average molecular weight is 388 g/mol. The van der Waals surface area contributed by atoms with Gasteiger partial charge in [-0.3, -0.25) is 4.98 Å². The quantitative estimate of drug-likeness (QED) is 0.683. The number of nitrogens with zero attached hydrogens (tertiary/aromatic N) is 4. The molecule has 0 radical (unpaired) electrons. The first-order valence-corrected chi connectivity index (χ1v) is 9.98. The number of pyridine rings is 1. The number of halogens is 1. The van der Waals surface area contributed by atoms with E-state index in [-0.39, 0.29) is 17.4 Å². The van der Waals surface area contributed by atoms with E-state index in [0.29, 0.717) is 30.4 Å². The van der Waals surface area contributed by atoms with Gasteiger partial charge in [0, 0.05) is 19.3 Å². The van der Waals surface area contributed by atoms with Crippen LogP contribution in [-0.4, -0.2) is 41.0 Å². The average Bonchev–Trinajstić information content (AvgIpc) is 3.19. The first-order chi connectivity index (χ1) is 13.0. The van der Waals surface area contributed by atoms with E-state index >= 15 is 0 Å². The lowest BCUT2D eigenvalue weighted by molar-refractivity contribution is 0.286. The number of hydrogen-bond acceptors (Lipinski definition) is 6. The van der Waals surface area contributed by atoms with Crippen LogP contribution in [0.5, 0.6) is 0 Å². The van der Waals surface area contributed by atoms with Crippen LogP contribution in [0.3, 0.4) is 0 Å². The molecule has 140 valence electrons. The fourth-order valence-electron chi connectivity index (χ4n) is 3.13. The van der Waals surface area contributed by atoms with Gasteiger partial charge in [-0.1, -0.05) is 12.1 Å². The van der Waals surface area contributed by atoms with Gasteiger partial charge in [-0.25, -0.2) is 12.8 Å². The van der Waals surface area contributed by atoms with Crippen LogP contribution in [-0.2, 0) is 10.0 Å². The van der Waals surface area contributed by atoms with E-state index in [2.05, 4.69) is 15.2 Å². The smallest absolute Gasteiger partial charge is 0.266 e. The SMILES string of the molecule is O=S(=O)(c1cccc(F)c1)N1CCC[C@H](c2nnc(-c3ccccn3)o2)C1. The molecular weight excluding hydrogens is 371 g/mol. The van der Waals surface area contributed by atoms with Crippen LogP contribution < -0.4 is 0 Å². The molecule has 9 heteroatoms. The van der Waals surface area contributed by atoms with Gasteiger partial charge >= 0.3 is 0 Å². The third-order valence-electron chi connectivity index (χ3n) is 4.49. The van der Waals surface area contributed by atoms with Gasteiger partial charge < -0.3 is 4.42 Å². The molecule has 1 atom stereocenters. The maximum atomic E-state index is 13.4. The van der Waals surface area contributed by atoms with Gasteiger partial charge in [-0.15, -0.1) is 10.2 Å². The van der Waals surface area contributed by atoms with Crippen molar-refractivity contribution in [1.29, 1.82) is 0 Å². The summed E-state index contributed by atoms with van der Waals surface area (Å²) in [5.74, 6) is -0.112. The van der Waals surface area contributed by atoms with Gasteiger partial charge in [0.2, 0.25) is 15.9 Å². The molecule has 0 unspecified atom stereocenters. The van der Waals surface area contributed by atoms with E-state index < -0.39 is 15.8 Å². The molecule has 3 heterocycles. The topological polar surface area (TPSA) is 89.2 Å². The van der Waals surface area contributed by atoms with Crippen molar-refractivity contribution < 1.29 is 17.2 Å². The van der Waals surface area contributed by atoms with Crippen LogP contribution in [0.1, 0.15) is 24.7 Å². The fraction of sp³-hybridized carbons (Fsp3) is 0.278. The summed E-state index contributed by atoms with van der Waals surface area (Å²) in [7, 11) is -3.78. The highest BCUT2D eigenvalue weighted by Crippen LogP contribution is 2.31. The molecule has 1 aliphatic rings. The molecule has 0 N–H and O–H groups in total. The summed E-state index contributed by atoms with van der Waals surface area (Å²) >= 11 is 0. The zero-order valence-corrected chi connectivity index (χ0v) is 15.1. The van der Waals surface area contributed by atoms with E-state index in [1.165, 1.54) is 22.5 Å². The molecule has 3 aromatic rings. The summed E-state index contributed by atoms with van der Waals surface area (Å²) in [5, 5.41) is 8.10. The van der Waals surface area contributed by atoms with Crippen molar-refractivity contribution in [3.63, 3.8) is 0 Å². The molecule has 1 fully saturated rings. The third-order valence-corrected chi connectivity index (χ3v) is 6.35. The van der Waals surface area contributed by atoms with Crippen LogP contribution in [0.2, 0.25) is 0 Å². The third kappa shape index (κ3) is 3.60. The van der Waals surface area contributed by atoms with E-state index in [4.69, 9.17) is 4.42 Å². The Labute approximate surface area is 155 Å². The van der Waals surface area contributed by atoms with Crippen LogP contribution in [0, 0.1) is 5.82 Å². The predicted molar refractivity (Wildman–Crippen MR) is 94.7 cm³/mol. The fourth-order valence-corrected chi connectivity index (χ4v) is 4.69.